The van der Waals surface area contributed by atoms with Crippen LogP contribution in [0.1, 0.15) is 38.5 Å². The van der Waals surface area contributed by atoms with Gasteiger partial charge in [0.1, 0.15) is 0 Å². The molecule has 1 nitrogen and oxygen atoms in total. The van der Waals surface area contributed by atoms with Crippen molar-refractivity contribution in [3.63, 3.8) is 0 Å². The van der Waals surface area contributed by atoms with Gasteiger partial charge in [-0.15, -0.1) is 0 Å². The summed E-state index contributed by atoms with van der Waals surface area (Å²) in [6.07, 6.45) is 7.76. The Hall–Kier alpha value is -0.330. The first-order valence-corrected chi connectivity index (χ1v) is 3.87. The lowest BCUT2D eigenvalue weighted by Crippen LogP contribution is -2.13. The van der Waals surface area contributed by atoms with E-state index in [0.29, 0.717) is 0 Å². The summed E-state index contributed by atoms with van der Waals surface area (Å²) in [7, 11) is 0. The second kappa shape index (κ2) is 1.59. The molecule has 0 atom stereocenters. The van der Waals surface area contributed by atoms with Crippen molar-refractivity contribution < 1.29 is 0 Å². The number of hydrogen-bond donors (Lipinski definition) is 1. The smallest absolute Gasteiger partial charge is 0.00895 e. The van der Waals surface area contributed by atoms with Crippen molar-refractivity contribution in [2.24, 2.45) is 5.41 Å². The van der Waals surface area contributed by atoms with Crippen LogP contribution >= 0.6 is 0 Å². The Kier molecular flexibility index (Phi) is 0.961. The van der Waals surface area contributed by atoms with Gasteiger partial charge in [-0.2, -0.15) is 0 Å². The van der Waals surface area contributed by atoms with Crippen LogP contribution in [0.2, 0.25) is 0 Å². The van der Waals surface area contributed by atoms with Gasteiger partial charge in [-0.1, -0.05) is 0 Å². The first-order valence-electron chi connectivity index (χ1n) is 3.87. The molecule has 2 rings (SSSR count). The van der Waals surface area contributed by atoms with Crippen LogP contribution in [0.3, 0.4) is 0 Å². The minimum Gasteiger partial charge on any atom is -0.310 e. The molecule has 0 bridgehead atoms. The van der Waals surface area contributed by atoms with Crippen LogP contribution in [0.15, 0.2) is 0 Å². The summed E-state index contributed by atoms with van der Waals surface area (Å²) in [5.41, 5.74) is 1.76. The van der Waals surface area contributed by atoms with Gasteiger partial charge in [-0.05, 0) is 43.9 Å². The van der Waals surface area contributed by atoms with Gasteiger partial charge < -0.3 is 5.41 Å². The fraction of sp³-hybridized carbons (Fsp3) is 0.875. The molecule has 0 amide bonds. The third kappa shape index (κ3) is 0.887. The summed E-state index contributed by atoms with van der Waals surface area (Å²) in [6, 6.07) is 0. The summed E-state index contributed by atoms with van der Waals surface area (Å²) in [5.74, 6) is 0. The summed E-state index contributed by atoms with van der Waals surface area (Å²) in [6.45, 7) is 0. The number of hydrogen-bond acceptors (Lipinski definition) is 1. The van der Waals surface area contributed by atoms with Crippen molar-refractivity contribution in [2.45, 2.75) is 38.5 Å². The lowest BCUT2D eigenvalue weighted by Gasteiger charge is -2.20. The summed E-state index contributed by atoms with van der Waals surface area (Å²) in [4.78, 5) is 0. The standard InChI is InChI=1S/C8H13N/c9-7-1-3-8(4-2-7)5-6-8/h9H,1-6H2. The first kappa shape index (κ1) is 5.45. The highest BCUT2D eigenvalue weighted by atomic mass is 14.5. The van der Waals surface area contributed by atoms with Crippen LogP contribution in [0.25, 0.3) is 0 Å². The fourth-order valence-electron chi connectivity index (χ4n) is 1.76. The van der Waals surface area contributed by atoms with Crippen LogP contribution in [0.5, 0.6) is 0 Å². The van der Waals surface area contributed by atoms with Gasteiger partial charge in [0, 0.05) is 5.71 Å². The average molecular weight is 123 g/mol. The van der Waals surface area contributed by atoms with Gasteiger partial charge >= 0.3 is 0 Å². The van der Waals surface area contributed by atoms with Crippen molar-refractivity contribution >= 4 is 5.71 Å². The fourth-order valence-corrected chi connectivity index (χ4v) is 1.76. The predicted molar refractivity (Wildman–Crippen MR) is 37.9 cm³/mol. The van der Waals surface area contributed by atoms with Crippen LogP contribution in [-0.4, -0.2) is 5.71 Å². The maximum Gasteiger partial charge on any atom is 0.00895 e. The molecule has 1 spiro atoms. The molecule has 0 saturated heterocycles. The largest absolute Gasteiger partial charge is 0.310 e. The molecule has 50 valence electrons. The van der Waals surface area contributed by atoms with E-state index in [1.165, 1.54) is 25.7 Å². The van der Waals surface area contributed by atoms with Crippen molar-refractivity contribution in [1.82, 2.24) is 0 Å². The minimum absolute atomic E-state index is 0.768. The Morgan fingerprint density at radius 2 is 1.56 bits per heavy atom. The molecule has 0 radical (unpaired) electrons. The number of rotatable bonds is 0. The van der Waals surface area contributed by atoms with Crippen molar-refractivity contribution in [1.29, 1.82) is 5.41 Å². The van der Waals surface area contributed by atoms with E-state index in [0.717, 1.165) is 24.0 Å². The molecule has 0 aromatic carbocycles. The van der Waals surface area contributed by atoms with Gasteiger partial charge in [-0.25, -0.2) is 0 Å². The average Bonchev–Trinajstić information content (AvgIpc) is 2.60. The zero-order valence-electron chi connectivity index (χ0n) is 5.74. The molecule has 2 saturated carbocycles. The Balaban J connectivity index is 1.98. The second-order valence-electron chi connectivity index (χ2n) is 3.60. The van der Waals surface area contributed by atoms with Crippen LogP contribution in [0, 0.1) is 10.8 Å². The van der Waals surface area contributed by atoms with Crippen LogP contribution in [-0.2, 0) is 0 Å². The monoisotopic (exact) mass is 123 g/mol. The molecule has 1 heteroatoms. The van der Waals surface area contributed by atoms with E-state index >= 15 is 0 Å². The van der Waals surface area contributed by atoms with Gasteiger partial charge in [0.2, 0.25) is 0 Å². The van der Waals surface area contributed by atoms with E-state index in [1.54, 1.807) is 0 Å². The lowest BCUT2D eigenvalue weighted by molar-refractivity contribution is 0.419. The predicted octanol–water partition coefficient (Wildman–Crippen LogP) is 2.36. The molecule has 0 heterocycles. The molecule has 0 aliphatic heterocycles. The highest BCUT2D eigenvalue weighted by molar-refractivity contribution is 5.82. The van der Waals surface area contributed by atoms with Crippen LogP contribution < -0.4 is 0 Å². The minimum atomic E-state index is 0.768. The van der Waals surface area contributed by atoms with E-state index in [9.17, 15) is 0 Å². The Morgan fingerprint density at radius 1 is 1.00 bits per heavy atom. The summed E-state index contributed by atoms with van der Waals surface area (Å²) in [5, 5.41) is 7.39. The molecule has 1 N–H and O–H groups in total. The normalized spacial score (nSPS) is 30.9. The summed E-state index contributed by atoms with van der Waals surface area (Å²) >= 11 is 0. The molecule has 2 aliphatic rings. The molecule has 0 unspecified atom stereocenters. The number of nitrogens with one attached hydrogen (secondary N) is 1. The molecular formula is C8H13N. The van der Waals surface area contributed by atoms with E-state index < -0.39 is 0 Å². The molecule has 9 heavy (non-hydrogen) atoms. The molecular weight excluding hydrogens is 110 g/mol. The molecule has 0 aromatic rings. The highest BCUT2D eigenvalue weighted by Crippen LogP contribution is 2.55. The zero-order valence-corrected chi connectivity index (χ0v) is 5.74. The first-order chi connectivity index (χ1) is 4.31. The van der Waals surface area contributed by atoms with Crippen molar-refractivity contribution in [3.8, 4) is 0 Å². The third-order valence-electron chi connectivity index (χ3n) is 2.87. The van der Waals surface area contributed by atoms with Gasteiger partial charge in [0.05, 0.1) is 0 Å². The molecule has 2 fully saturated rings. The molecule has 0 aromatic heterocycles. The SMILES string of the molecule is N=C1CCC2(CC1)CC2. The Labute approximate surface area is 56.0 Å². The zero-order chi connectivity index (χ0) is 6.32. The maximum atomic E-state index is 7.39. The van der Waals surface area contributed by atoms with E-state index in [1.807, 2.05) is 0 Å². The van der Waals surface area contributed by atoms with E-state index in [-0.39, 0.29) is 0 Å². The lowest BCUT2D eigenvalue weighted by atomic mass is 9.85. The summed E-state index contributed by atoms with van der Waals surface area (Å²) < 4.78 is 0. The van der Waals surface area contributed by atoms with Crippen LogP contribution in [0.4, 0.5) is 0 Å². The Morgan fingerprint density at radius 3 is 2.00 bits per heavy atom. The van der Waals surface area contributed by atoms with Gasteiger partial charge in [-0.3, -0.25) is 0 Å². The molecule has 2 aliphatic carbocycles. The third-order valence-corrected chi connectivity index (χ3v) is 2.87. The maximum absolute atomic E-state index is 7.39. The van der Waals surface area contributed by atoms with Gasteiger partial charge in [0.15, 0.2) is 0 Å². The van der Waals surface area contributed by atoms with E-state index in [4.69, 9.17) is 5.41 Å². The topological polar surface area (TPSA) is 23.9 Å². The van der Waals surface area contributed by atoms with Gasteiger partial charge in [0.25, 0.3) is 0 Å². The van der Waals surface area contributed by atoms with Crippen molar-refractivity contribution in [2.75, 3.05) is 0 Å². The van der Waals surface area contributed by atoms with Crippen molar-refractivity contribution in [3.05, 3.63) is 0 Å². The second-order valence-corrected chi connectivity index (χ2v) is 3.60. The Bertz CT molecular complexity index is 133. The highest BCUT2D eigenvalue weighted by Gasteiger charge is 2.43. The van der Waals surface area contributed by atoms with E-state index in [2.05, 4.69) is 0 Å². The quantitative estimate of drug-likeness (QED) is 0.511.